The molecule has 1 aromatic carbocycles. The van der Waals surface area contributed by atoms with E-state index < -0.39 is 0 Å². The highest BCUT2D eigenvalue weighted by molar-refractivity contribution is 6.33. The van der Waals surface area contributed by atoms with Crippen LogP contribution in [0.1, 0.15) is 18.9 Å². The molecule has 1 aliphatic rings. The Bertz CT molecular complexity index is 455. The van der Waals surface area contributed by atoms with Crippen molar-refractivity contribution < 1.29 is 5.11 Å². The van der Waals surface area contributed by atoms with E-state index >= 15 is 0 Å². The van der Waals surface area contributed by atoms with Gasteiger partial charge in [-0.3, -0.25) is 0 Å². The lowest BCUT2D eigenvalue weighted by molar-refractivity contribution is 0.103. The number of para-hydroxylation sites is 1. The number of piperidine rings is 1. The third-order valence-electron chi connectivity index (χ3n) is 3.34. The van der Waals surface area contributed by atoms with Gasteiger partial charge >= 0.3 is 0 Å². The number of halogens is 1. The summed E-state index contributed by atoms with van der Waals surface area (Å²) in [5.74, 6) is 0.305. The number of hydrogen-bond donors (Lipinski definition) is 1. The molecule has 1 saturated heterocycles. The molecular weight excluding hydrogens is 236 g/mol. The van der Waals surface area contributed by atoms with Crippen molar-refractivity contribution in [2.45, 2.75) is 19.4 Å². The summed E-state index contributed by atoms with van der Waals surface area (Å²) in [6, 6.07) is 7.46. The van der Waals surface area contributed by atoms with Crippen molar-refractivity contribution in [3.63, 3.8) is 0 Å². The number of β-amino-alcohol motifs (C(OH)–C–C–N with tert-alkyl or cyclic N) is 1. The summed E-state index contributed by atoms with van der Waals surface area (Å²) in [6.07, 6.45) is 0.559. The highest BCUT2D eigenvalue weighted by atomic mass is 35.5. The lowest BCUT2D eigenvalue weighted by Crippen LogP contribution is -2.43. The van der Waals surface area contributed by atoms with Crippen molar-refractivity contribution in [2.75, 3.05) is 18.0 Å². The molecule has 2 atom stereocenters. The molecule has 1 aliphatic heterocycles. The predicted octanol–water partition coefficient (Wildman–Crippen LogP) is 2.42. The largest absolute Gasteiger partial charge is 0.391 e. The summed E-state index contributed by atoms with van der Waals surface area (Å²) >= 11 is 6.15. The van der Waals surface area contributed by atoms with Crippen LogP contribution in [0.25, 0.3) is 0 Å². The lowest BCUT2D eigenvalue weighted by atomic mass is 9.95. The van der Waals surface area contributed by atoms with Crippen molar-refractivity contribution in [1.82, 2.24) is 0 Å². The van der Waals surface area contributed by atoms with E-state index in [1.165, 1.54) is 0 Å². The van der Waals surface area contributed by atoms with E-state index in [0.717, 1.165) is 18.7 Å². The third kappa shape index (κ3) is 2.38. The van der Waals surface area contributed by atoms with E-state index in [0.29, 0.717) is 23.0 Å². The topological polar surface area (TPSA) is 47.3 Å². The Morgan fingerprint density at radius 3 is 2.94 bits per heavy atom. The number of aliphatic hydroxyl groups is 1. The number of nitrogens with zero attached hydrogens (tertiary/aromatic N) is 2. The van der Waals surface area contributed by atoms with Gasteiger partial charge in [0.05, 0.1) is 22.4 Å². The van der Waals surface area contributed by atoms with Crippen LogP contribution in [-0.2, 0) is 0 Å². The Morgan fingerprint density at radius 2 is 2.29 bits per heavy atom. The Hall–Kier alpha value is -1.24. The van der Waals surface area contributed by atoms with Crippen LogP contribution in [0, 0.1) is 17.2 Å². The van der Waals surface area contributed by atoms with E-state index in [4.69, 9.17) is 16.9 Å². The maximum Gasteiger partial charge on any atom is 0.101 e. The van der Waals surface area contributed by atoms with Crippen LogP contribution in [-0.4, -0.2) is 24.3 Å². The monoisotopic (exact) mass is 250 g/mol. The molecule has 1 aromatic rings. The van der Waals surface area contributed by atoms with Crippen LogP contribution in [0.15, 0.2) is 18.2 Å². The zero-order valence-electron chi connectivity index (χ0n) is 9.73. The van der Waals surface area contributed by atoms with Gasteiger partial charge in [0, 0.05) is 13.1 Å². The Labute approximate surface area is 106 Å². The lowest BCUT2D eigenvalue weighted by Gasteiger charge is -2.36. The van der Waals surface area contributed by atoms with Gasteiger partial charge in [-0.05, 0) is 24.5 Å². The third-order valence-corrected chi connectivity index (χ3v) is 3.65. The van der Waals surface area contributed by atoms with E-state index in [1.807, 2.05) is 11.8 Å². The normalized spacial score (nSPS) is 24.5. The average molecular weight is 251 g/mol. The fraction of sp³-hybridized carbons (Fsp3) is 0.462. The fourth-order valence-corrected chi connectivity index (χ4v) is 2.47. The molecular formula is C13H15ClN2O. The van der Waals surface area contributed by atoms with Crippen LogP contribution in [0.4, 0.5) is 5.69 Å². The van der Waals surface area contributed by atoms with Crippen molar-refractivity contribution in [1.29, 1.82) is 5.26 Å². The second-order valence-electron chi connectivity index (χ2n) is 4.53. The molecule has 0 spiro atoms. The van der Waals surface area contributed by atoms with Crippen LogP contribution in [0.3, 0.4) is 0 Å². The minimum Gasteiger partial charge on any atom is -0.391 e. The highest BCUT2D eigenvalue weighted by Gasteiger charge is 2.26. The summed E-state index contributed by atoms with van der Waals surface area (Å²) in [5.41, 5.74) is 1.32. The first-order chi connectivity index (χ1) is 8.13. The molecule has 0 aliphatic carbocycles. The van der Waals surface area contributed by atoms with Crippen molar-refractivity contribution >= 4 is 17.3 Å². The fourth-order valence-electron chi connectivity index (χ4n) is 2.18. The average Bonchev–Trinajstić information content (AvgIpc) is 2.32. The molecule has 1 fully saturated rings. The molecule has 17 heavy (non-hydrogen) atoms. The van der Waals surface area contributed by atoms with Crippen LogP contribution < -0.4 is 4.90 Å². The van der Waals surface area contributed by atoms with Crippen LogP contribution >= 0.6 is 11.6 Å². The first kappa shape index (κ1) is 12.2. The minimum absolute atomic E-state index is 0.305. The van der Waals surface area contributed by atoms with Crippen molar-refractivity contribution in [2.24, 2.45) is 5.92 Å². The number of aliphatic hydroxyl groups excluding tert-OH is 1. The molecule has 1 heterocycles. The molecule has 1 N–H and O–H groups in total. The van der Waals surface area contributed by atoms with Crippen LogP contribution in [0.2, 0.25) is 5.02 Å². The molecule has 3 nitrogen and oxygen atoms in total. The van der Waals surface area contributed by atoms with E-state index in [2.05, 4.69) is 6.07 Å². The van der Waals surface area contributed by atoms with Gasteiger partial charge in [-0.2, -0.15) is 5.26 Å². The quantitative estimate of drug-likeness (QED) is 0.833. The molecule has 4 heteroatoms. The summed E-state index contributed by atoms with van der Waals surface area (Å²) in [7, 11) is 0. The van der Waals surface area contributed by atoms with Gasteiger partial charge in [0.2, 0.25) is 0 Å². The van der Waals surface area contributed by atoms with Gasteiger partial charge in [0.15, 0.2) is 0 Å². The molecule has 90 valence electrons. The molecule has 0 saturated carbocycles. The Balaban J connectivity index is 2.32. The standard InChI is InChI=1S/C13H15ClN2O/c1-9-5-6-16(8-12(9)17)13-10(7-15)3-2-4-11(13)14/h2-4,9,12,17H,5-6,8H2,1H3. The SMILES string of the molecule is CC1CCN(c2c(Cl)cccc2C#N)CC1O. The number of benzene rings is 1. The van der Waals surface area contributed by atoms with Crippen LogP contribution in [0.5, 0.6) is 0 Å². The minimum atomic E-state index is -0.355. The number of anilines is 1. The number of hydrogen-bond acceptors (Lipinski definition) is 3. The number of rotatable bonds is 1. The summed E-state index contributed by atoms with van der Waals surface area (Å²) in [4.78, 5) is 2.01. The Kier molecular flexibility index (Phi) is 3.56. The molecule has 2 rings (SSSR count). The molecule has 0 amide bonds. The molecule has 2 unspecified atom stereocenters. The number of nitriles is 1. The molecule has 0 aromatic heterocycles. The van der Waals surface area contributed by atoms with Gasteiger partial charge in [-0.25, -0.2) is 0 Å². The van der Waals surface area contributed by atoms with Crippen molar-refractivity contribution in [3.05, 3.63) is 28.8 Å². The second kappa shape index (κ2) is 4.95. The summed E-state index contributed by atoms with van der Waals surface area (Å²) in [5, 5.41) is 19.6. The maximum absolute atomic E-state index is 9.90. The second-order valence-corrected chi connectivity index (χ2v) is 4.93. The van der Waals surface area contributed by atoms with Crippen molar-refractivity contribution in [3.8, 4) is 6.07 Å². The van der Waals surface area contributed by atoms with E-state index in [1.54, 1.807) is 18.2 Å². The van der Waals surface area contributed by atoms with Gasteiger partial charge in [-0.15, -0.1) is 0 Å². The zero-order chi connectivity index (χ0) is 12.4. The molecule has 0 bridgehead atoms. The van der Waals surface area contributed by atoms with Gasteiger partial charge in [0.1, 0.15) is 6.07 Å². The first-order valence-electron chi connectivity index (χ1n) is 5.75. The van der Waals surface area contributed by atoms with E-state index in [9.17, 15) is 5.11 Å². The smallest absolute Gasteiger partial charge is 0.101 e. The zero-order valence-corrected chi connectivity index (χ0v) is 10.5. The van der Waals surface area contributed by atoms with Gasteiger partial charge < -0.3 is 10.0 Å². The molecule has 0 radical (unpaired) electrons. The van der Waals surface area contributed by atoms with Gasteiger partial charge in [-0.1, -0.05) is 24.6 Å². The summed E-state index contributed by atoms with van der Waals surface area (Å²) in [6.45, 7) is 3.41. The van der Waals surface area contributed by atoms with E-state index in [-0.39, 0.29) is 6.10 Å². The summed E-state index contributed by atoms with van der Waals surface area (Å²) < 4.78 is 0. The highest BCUT2D eigenvalue weighted by Crippen LogP contribution is 2.32. The maximum atomic E-state index is 9.90. The predicted molar refractivity (Wildman–Crippen MR) is 68.2 cm³/mol. The first-order valence-corrected chi connectivity index (χ1v) is 6.13. The van der Waals surface area contributed by atoms with Gasteiger partial charge in [0.25, 0.3) is 0 Å². The Morgan fingerprint density at radius 1 is 1.53 bits per heavy atom.